The van der Waals surface area contributed by atoms with Crippen LogP contribution in [0.25, 0.3) is 0 Å². The van der Waals surface area contributed by atoms with Gasteiger partial charge in [-0.1, -0.05) is 6.07 Å². The van der Waals surface area contributed by atoms with Gasteiger partial charge in [0.1, 0.15) is 0 Å². The molecule has 0 saturated carbocycles. The number of carbonyl (C=O) groups is 2. The topological polar surface area (TPSA) is 90.7 Å². The van der Waals surface area contributed by atoms with Gasteiger partial charge < -0.3 is 20.5 Å². The third-order valence-corrected chi connectivity index (χ3v) is 4.91. The Morgan fingerprint density at radius 2 is 1.58 bits per heavy atom. The molecule has 0 bridgehead atoms. The van der Waals surface area contributed by atoms with Crippen molar-refractivity contribution in [2.24, 2.45) is 5.73 Å². The number of nitrogens with two attached hydrogens (primary N) is 1. The molecule has 3 N–H and O–H groups in total. The zero-order valence-electron chi connectivity index (χ0n) is 17.0. The Hall–Kier alpha value is -3.08. The molecule has 0 spiro atoms. The van der Waals surface area contributed by atoms with Crippen LogP contribution in [0.4, 0.5) is 49.6 Å². The van der Waals surface area contributed by atoms with Gasteiger partial charge in [-0.2, -0.15) is 35.1 Å². The first-order valence-corrected chi connectivity index (χ1v) is 9.85. The van der Waals surface area contributed by atoms with Gasteiger partial charge in [0, 0.05) is 10.0 Å². The first-order chi connectivity index (χ1) is 16.4. The largest absolute Gasteiger partial charge is 0.435 e. The van der Waals surface area contributed by atoms with Gasteiger partial charge in [-0.25, -0.2) is 8.78 Å². The van der Waals surface area contributed by atoms with Crippen molar-refractivity contribution in [3.8, 4) is 11.5 Å². The highest BCUT2D eigenvalue weighted by Gasteiger charge is 2.73. The lowest BCUT2D eigenvalue weighted by atomic mass is 9.93. The van der Waals surface area contributed by atoms with Gasteiger partial charge >= 0.3 is 30.6 Å². The second kappa shape index (κ2) is 10.5. The average Bonchev–Trinajstić information content (AvgIpc) is 2.74. The van der Waals surface area contributed by atoms with Gasteiger partial charge in [-0.15, -0.1) is 0 Å². The van der Waals surface area contributed by atoms with Crippen molar-refractivity contribution in [2.45, 2.75) is 24.6 Å². The van der Waals surface area contributed by atoms with Crippen molar-refractivity contribution in [3.63, 3.8) is 0 Å². The number of rotatable bonds is 7. The van der Waals surface area contributed by atoms with Crippen molar-refractivity contribution in [3.05, 3.63) is 51.7 Å². The molecule has 0 aliphatic heterocycles. The number of benzene rings is 2. The average molecular weight is 601 g/mol. The highest BCUT2D eigenvalue weighted by molar-refractivity contribution is 9.10. The van der Waals surface area contributed by atoms with Gasteiger partial charge in [0.25, 0.3) is 5.91 Å². The summed E-state index contributed by atoms with van der Waals surface area (Å²) in [4.78, 5) is 23.8. The minimum Gasteiger partial charge on any atom is -0.433 e. The zero-order valence-corrected chi connectivity index (χ0v) is 18.6. The molecule has 1 amide bonds. The highest BCUT2D eigenvalue weighted by Crippen LogP contribution is 2.55. The number of nitrogens with one attached hydrogen (secondary N) is 1. The molecular formula is C19H11BrF10N2O4. The summed E-state index contributed by atoms with van der Waals surface area (Å²) in [5.74, 6) is -6.37. The molecule has 36 heavy (non-hydrogen) atoms. The molecule has 0 aliphatic rings. The Bertz CT molecular complexity index is 1140. The van der Waals surface area contributed by atoms with Crippen molar-refractivity contribution in [1.82, 2.24) is 0 Å². The third-order valence-electron chi connectivity index (χ3n) is 4.29. The molecule has 0 aromatic heterocycles. The second-order valence-corrected chi connectivity index (χ2v) is 7.47. The maximum Gasteiger partial charge on any atom is 0.435 e. The van der Waals surface area contributed by atoms with Gasteiger partial charge in [0.05, 0.1) is 17.8 Å². The first kappa shape index (κ1) is 29.2. The van der Waals surface area contributed by atoms with E-state index in [0.717, 1.165) is 18.2 Å². The van der Waals surface area contributed by atoms with Crippen molar-refractivity contribution in [1.29, 1.82) is 0 Å². The number of amides is 1. The third kappa shape index (κ3) is 5.83. The lowest BCUT2D eigenvalue weighted by molar-refractivity contribution is -0.348. The van der Waals surface area contributed by atoms with E-state index in [1.54, 1.807) is 5.32 Å². The van der Waals surface area contributed by atoms with Crippen LogP contribution in [0.1, 0.15) is 15.9 Å². The summed E-state index contributed by atoms with van der Waals surface area (Å²) in [6.45, 7) is -4.53. The van der Waals surface area contributed by atoms with Gasteiger partial charge in [-0.3, -0.25) is 9.59 Å². The van der Waals surface area contributed by atoms with E-state index in [1.807, 2.05) is 0 Å². The summed E-state index contributed by atoms with van der Waals surface area (Å²) >= 11 is 2.47. The smallest absolute Gasteiger partial charge is 0.433 e. The number of carbonyl (C=O) groups excluding carboxylic acids is 2. The number of esters is 1. The quantitative estimate of drug-likeness (QED) is 0.245. The van der Waals surface area contributed by atoms with Gasteiger partial charge in [0.15, 0.2) is 17.3 Å². The Balaban J connectivity index is 2.61. The van der Waals surface area contributed by atoms with Crippen LogP contribution in [0, 0.1) is 5.82 Å². The van der Waals surface area contributed by atoms with Crippen molar-refractivity contribution < 1.29 is 63.0 Å². The number of halogens is 11. The molecule has 0 saturated heterocycles. The fourth-order valence-electron chi connectivity index (χ4n) is 2.69. The number of hydrogen-bond acceptors (Lipinski definition) is 5. The van der Waals surface area contributed by atoms with E-state index < -0.39 is 81.7 Å². The molecule has 6 nitrogen and oxygen atoms in total. The van der Waals surface area contributed by atoms with E-state index in [9.17, 15) is 53.5 Å². The Kier molecular flexibility index (Phi) is 8.50. The molecule has 0 aliphatic carbocycles. The molecule has 2 rings (SSSR count). The highest BCUT2D eigenvalue weighted by atomic mass is 79.9. The van der Waals surface area contributed by atoms with E-state index in [2.05, 4.69) is 25.4 Å². The molecule has 2 aromatic rings. The number of hydrogen-bond donors (Lipinski definition) is 2. The SMILES string of the molecule is NCC(=O)Oc1cccc(C(=O)Nc2c(Br)cc(C(F)(C(F)(F)F)C(F)(F)F)cc2OC(F)F)c1F. The van der Waals surface area contributed by atoms with Crippen LogP contribution >= 0.6 is 15.9 Å². The van der Waals surface area contributed by atoms with Crippen LogP contribution in [-0.4, -0.2) is 37.4 Å². The number of alkyl halides is 9. The van der Waals surface area contributed by atoms with E-state index >= 15 is 0 Å². The predicted molar refractivity (Wildman–Crippen MR) is 105 cm³/mol. The van der Waals surface area contributed by atoms with E-state index in [-0.39, 0.29) is 12.1 Å². The summed E-state index contributed by atoms with van der Waals surface area (Å²) in [7, 11) is 0. The molecule has 0 fully saturated rings. The fourth-order valence-corrected chi connectivity index (χ4v) is 3.23. The minimum absolute atomic E-state index is 0.0786. The van der Waals surface area contributed by atoms with E-state index in [1.165, 1.54) is 0 Å². The summed E-state index contributed by atoms with van der Waals surface area (Å²) in [6.07, 6.45) is -13.2. The zero-order chi connectivity index (χ0) is 27.6. The Labute approximate surface area is 202 Å². The van der Waals surface area contributed by atoms with Crippen molar-refractivity contribution in [2.75, 3.05) is 11.9 Å². The molecule has 198 valence electrons. The molecule has 0 heterocycles. The van der Waals surface area contributed by atoms with Gasteiger partial charge in [-0.05, 0) is 40.2 Å². The predicted octanol–water partition coefficient (Wildman–Crippen LogP) is 5.60. The first-order valence-electron chi connectivity index (χ1n) is 9.05. The summed E-state index contributed by atoms with van der Waals surface area (Å²) < 4.78 is 141. The monoisotopic (exact) mass is 600 g/mol. The van der Waals surface area contributed by atoms with E-state index in [0.29, 0.717) is 0 Å². The van der Waals surface area contributed by atoms with Crippen LogP contribution in [0.3, 0.4) is 0 Å². The van der Waals surface area contributed by atoms with Crippen LogP contribution in [-0.2, 0) is 10.5 Å². The molecule has 0 unspecified atom stereocenters. The number of anilines is 1. The van der Waals surface area contributed by atoms with Gasteiger partial charge in [0.2, 0.25) is 0 Å². The molecular weight excluding hydrogens is 590 g/mol. The summed E-state index contributed by atoms with van der Waals surface area (Å²) in [6, 6.07) is 2.30. The van der Waals surface area contributed by atoms with Crippen LogP contribution in [0.5, 0.6) is 11.5 Å². The normalized spacial score (nSPS) is 12.5. The molecule has 0 radical (unpaired) electrons. The Morgan fingerprint density at radius 3 is 2.08 bits per heavy atom. The van der Waals surface area contributed by atoms with Crippen molar-refractivity contribution >= 4 is 33.5 Å². The maximum absolute atomic E-state index is 14.6. The standard InChI is InChI=1S/C19H11BrF10N2O4/c20-9-4-7(17(24,18(25,26)27)19(28,29)30)5-11(36-16(22)23)14(9)32-15(34)8-2-1-3-10(13(8)21)35-12(33)6-31/h1-5,16H,6,31H2,(H,32,34). The lowest BCUT2D eigenvalue weighted by Gasteiger charge is -2.31. The molecule has 17 heteroatoms. The lowest BCUT2D eigenvalue weighted by Crippen LogP contribution is -2.50. The van der Waals surface area contributed by atoms with Crippen LogP contribution in [0.2, 0.25) is 0 Å². The molecule has 2 aromatic carbocycles. The number of ether oxygens (including phenoxy) is 2. The maximum atomic E-state index is 14.6. The van der Waals surface area contributed by atoms with E-state index in [4.69, 9.17) is 5.73 Å². The minimum atomic E-state index is -6.58. The second-order valence-electron chi connectivity index (χ2n) is 6.61. The summed E-state index contributed by atoms with van der Waals surface area (Å²) in [5.41, 5.74) is -5.11. The molecule has 0 atom stereocenters. The van der Waals surface area contributed by atoms with Crippen LogP contribution < -0.4 is 20.5 Å². The van der Waals surface area contributed by atoms with Crippen LogP contribution in [0.15, 0.2) is 34.8 Å². The Morgan fingerprint density at radius 1 is 1.00 bits per heavy atom. The summed E-state index contributed by atoms with van der Waals surface area (Å²) in [5, 5.41) is 1.76. The fraction of sp³-hybridized carbons (Fsp3) is 0.263.